The van der Waals surface area contributed by atoms with E-state index in [4.69, 9.17) is 4.42 Å². The molecule has 0 atom stereocenters. The zero-order valence-corrected chi connectivity index (χ0v) is 14.3. The van der Waals surface area contributed by atoms with Gasteiger partial charge in [0.05, 0.1) is 6.54 Å². The molecule has 0 saturated carbocycles. The molecular formula is C17H32N2O. The zero-order chi connectivity index (χ0) is 15.3. The maximum Gasteiger partial charge on any atom is 0.118 e. The van der Waals surface area contributed by atoms with Crippen LogP contribution >= 0.6 is 0 Å². The average molecular weight is 280 g/mol. The van der Waals surface area contributed by atoms with Gasteiger partial charge in [0.25, 0.3) is 0 Å². The summed E-state index contributed by atoms with van der Waals surface area (Å²) in [6.45, 7) is 18.3. The van der Waals surface area contributed by atoms with Crippen molar-refractivity contribution >= 4 is 0 Å². The van der Waals surface area contributed by atoms with E-state index in [0.717, 1.165) is 31.2 Å². The Kier molecular flexibility index (Phi) is 6.77. The van der Waals surface area contributed by atoms with Crippen LogP contribution in [0.25, 0.3) is 0 Å². The van der Waals surface area contributed by atoms with Crippen molar-refractivity contribution in [3.05, 3.63) is 23.2 Å². The minimum atomic E-state index is 0.501. The number of aryl methyl sites for hydroxylation is 1. The van der Waals surface area contributed by atoms with Crippen LogP contribution < -0.4 is 5.32 Å². The largest absolute Gasteiger partial charge is 0.465 e. The van der Waals surface area contributed by atoms with Crippen LogP contribution in [0.4, 0.5) is 0 Å². The second kappa shape index (κ2) is 7.84. The van der Waals surface area contributed by atoms with Gasteiger partial charge in [0.2, 0.25) is 0 Å². The molecule has 1 N–H and O–H groups in total. The van der Waals surface area contributed by atoms with Crippen LogP contribution in [-0.2, 0) is 13.1 Å². The Morgan fingerprint density at radius 1 is 1.15 bits per heavy atom. The van der Waals surface area contributed by atoms with Gasteiger partial charge in [0, 0.05) is 30.7 Å². The highest BCUT2D eigenvalue weighted by Crippen LogP contribution is 2.18. The van der Waals surface area contributed by atoms with Gasteiger partial charge in [0.15, 0.2) is 0 Å². The average Bonchev–Trinajstić information content (AvgIpc) is 2.65. The first-order valence-electron chi connectivity index (χ1n) is 7.85. The smallest absolute Gasteiger partial charge is 0.118 e. The molecule has 1 aromatic rings. The second-order valence-corrected chi connectivity index (χ2v) is 6.75. The normalized spacial score (nSPS) is 12.3. The maximum atomic E-state index is 5.93. The van der Waals surface area contributed by atoms with E-state index in [-0.39, 0.29) is 0 Å². The van der Waals surface area contributed by atoms with Crippen molar-refractivity contribution in [3.63, 3.8) is 0 Å². The summed E-state index contributed by atoms with van der Waals surface area (Å²) in [4.78, 5) is 2.47. The van der Waals surface area contributed by atoms with Crippen molar-refractivity contribution in [3.8, 4) is 0 Å². The predicted octanol–water partition coefficient (Wildman–Crippen LogP) is 3.95. The van der Waals surface area contributed by atoms with E-state index in [1.54, 1.807) is 0 Å². The Hall–Kier alpha value is -0.800. The summed E-state index contributed by atoms with van der Waals surface area (Å²) in [6.07, 6.45) is 0. The Balaban J connectivity index is 2.69. The number of hydrogen-bond donors (Lipinski definition) is 1. The van der Waals surface area contributed by atoms with Crippen LogP contribution in [-0.4, -0.2) is 23.5 Å². The highest BCUT2D eigenvalue weighted by atomic mass is 16.3. The Bertz CT molecular complexity index is 394. The molecule has 3 nitrogen and oxygen atoms in total. The number of rotatable bonds is 8. The SMILES string of the molecule is Cc1oc(CN(CC(C)C)C(C)C)cc1CNC(C)C. The van der Waals surface area contributed by atoms with Gasteiger partial charge in [-0.05, 0) is 32.8 Å². The quantitative estimate of drug-likeness (QED) is 0.781. The molecule has 1 heterocycles. The molecule has 0 radical (unpaired) electrons. The molecule has 0 bridgehead atoms. The predicted molar refractivity (Wildman–Crippen MR) is 85.8 cm³/mol. The lowest BCUT2D eigenvalue weighted by Crippen LogP contribution is -2.33. The van der Waals surface area contributed by atoms with Crippen LogP contribution in [0.1, 0.15) is 58.6 Å². The second-order valence-electron chi connectivity index (χ2n) is 6.75. The van der Waals surface area contributed by atoms with E-state index in [1.165, 1.54) is 5.56 Å². The molecule has 0 fully saturated rings. The summed E-state index contributed by atoms with van der Waals surface area (Å²) in [6, 6.07) is 3.25. The van der Waals surface area contributed by atoms with Crippen molar-refractivity contribution in [2.75, 3.05) is 6.54 Å². The molecule has 116 valence electrons. The monoisotopic (exact) mass is 280 g/mol. The summed E-state index contributed by atoms with van der Waals surface area (Å²) < 4.78 is 5.93. The van der Waals surface area contributed by atoms with Crippen molar-refractivity contribution in [2.45, 2.75) is 73.6 Å². The first-order valence-corrected chi connectivity index (χ1v) is 7.85. The van der Waals surface area contributed by atoms with Crippen LogP contribution in [0.15, 0.2) is 10.5 Å². The van der Waals surface area contributed by atoms with Gasteiger partial charge in [-0.25, -0.2) is 0 Å². The standard InChI is InChI=1S/C17H32N2O/c1-12(2)10-19(14(5)6)11-17-8-16(15(7)20-17)9-18-13(3)4/h8,12-14,18H,9-11H2,1-7H3. The molecular weight excluding hydrogens is 248 g/mol. The Morgan fingerprint density at radius 2 is 1.80 bits per heavy atom. The number of hydrogen-bond acceptors (Lipinski definition) is 3. The molecule has 20 heavy (non-hydrogen) atoms. The third-order valence-electron chi connectivity index (χ3n) is 3.46. The lowest BCUT2D eigenvalue weighted by molar-refractivity contribution is 0.174. The summed E-state index contributed by atoms with van der Waals surface area (Å²) in [5.74, 6) is 2.80. The molecule has 1 aromatic heterocycles. The fraction of sp³-hybridized carbons (Fsp3) is 0.765. The highest BCUT2D eigenvalue weighted by Gasteiger charge is 2.15. The molecule has 0 aliphatic rings. The third kappa shape index (κ3) is 5.68. The zero-order valence-electron chi connectivity index (χ0n) is 14.3. The first-order chi connectivity index (χ1) is 9.29. The van der Waals surface area contributed by atoms with Gasteiger partial charge in [0.1, 0.15) is 11.5 Å². The molecule has 0 spiro atoms. The fourth-order valence-corrected chi connectivity index (χ4v) is 2.28. The van der Waals surface area contributed by atoms with Gasteiger partial charge in [-0.3, -0.25) is 4.90 Å². The minimum Gasteiger partial charge on any atom is -0.465 e. The minimum absolute atomic E-state index is 0.501. The van der Waals surface area contributed by atoms with E-state index in [0.29, 0.717) is 18.0 Å². The number of nitrogens with one attached hydrogen (secondary N) is 1. The van der Waals surface area contributed by atoms with Gasteiger partial charge in [-0.1, -0.05) is 27.7 Å². The third-order valence-corrected chi connectivity index (χ3v) is 3.46. The summed E-state index contributed by atoms with van der Waals surface area (Å²) in [7, 11) is 0. The molecule has 0 aromatic carbocycles. The first kappa shape index (κ1) is 17.3. The van der Waals surface area contributed by atoms with Crippen molar-refractivity contribution in [1.82, 2.24) is 10.2 Å². The van der Waals surface area contributed by atoms with Gasteiger partial charge >= 0.3 is 0 Å². The molecule has 1 rings (SSSR count). The Morgan fingerprint density at radius 3 is 2.30 bits per heavy atom. The van der Waals surface area contributed by atoms with E-state index < -0.39 is 0 Å². The van der Waals surface area contributed by atoms with Crippen LogP contribution in [0.3, 0.4) is 0 Å². The van der Waals surface area contributed by atoms with Crippen molar-refractivity contribution in [2.24, 2.45) is 5.92 Å². The Labute approximate surface area is 124 Å². The van der Waals surface area contributed by atoms with Gasteiger partial charge in [-0.2, -0.15) is 0 Å². The summed E-state index contributed by atoms with van der Waals surface area (Å²) >= 11 is 0. The van der Waals surface area contributed by atoms with Crippen LogP contribution in [0.2, 0.25) is 0 Å². The molecule has 0 saturated heterocycles. The van der Waals surface area contributed by atoms with Crippen molar-refractivity contribution < 1.29 is 4.42 Å². The lowest BCUT2D eigenvalue weighted by atomic mass is 10.1. The van der Waals surface area contributed by atoms with Crippen LogP contribution in [0.5, 0.6) is 0 Å². The molecule has 0 amide bonds. The maximum absolute atomic E-state index is 5.93. The highest BCUT2D eigenvalue weighted by molar-refractivity contribution is 5.20. The molecule has 3 heteroatoms. The van der Waals surface area contributed by atoms with E-state index in [2.05, 4.69) is 64.7 Å². The molecule has 0 aliphatic heterocycles. The van der Waals surface area contributed by atoms with E-state index >= 15 is 0 Å². The van der Waals surface area contributed by atoms with Gasteiger partial charge in [-0.15, -0.1) is 0 Å². The summed E-state index contributed by atoms with van der Waals surface area (Å²) in [5, 5.41) is 3.45. The van der Waals surface area contributed by atoms with E-state index in [9.17, 15) is 0 Å². The fourth-order valence-electron chi connectivity index (χ4n) is 2.28. The van der Waals surface area contributed by atoms with Crippen LogP contribution in [0, 0.1) is 12.8 Å². The lowest BCUT2D eigenvalue weighted by Gasteiger charge is -2.27. The number of nitrogens with zero attached hydrogens (tertiary/aromatic N) is 1. The van der Waals surface area contributed by atoms with Crippen molar-refractivity contribution in [1.29, 1.82) is 0 Å². The van der Waals surface area contributed by atoms with E-state index in [1.807, 2.05) is 0 Å². The molecule has 0 unspecified atom stereocenters. The van der Waals surface area contributed by atoms with Gasteiger partial charge < -0.3 is 9.73 Å². The number of furan rings is 1. The molecule has 0 aliphatic carbocycles. The topological polar surface area (TPSA) is 28.4 Å². The summed E-state index contributed by atoms with van der Waals surface area (Å²) in [5.41, 5.74) is 1.28.